The van der Waals surface area contributed by atoms with E-state index in [9.17, 15) is 14.7 Å². The number of unbranched alkanes of at least 4 members (excludes halogenated alkanes) is 3. The lowest BCUT2D eigenvalue weighted by atomic mass is 10.0. The van der Waals surface area contributed by atoms with E-state index in [2.05, 4.69) is 5.32 Å². The van der Waals surface area contributed by atoms with E-state index in [-0.39, 0.29) is 17.6 Å². The predicted molar refractivity (Wildman–Crippen MR) is 106 cm³/mol. The zero-order valence-corrected chi connectivity index (χ0v) is 17.2. The Morgan fingerprint density at radius 2 is 1.78 bits per heavy atom. The highest BCUT2D eigenvalue weighted by atomic mass is 16.6. The van der Waals surface area contributed by atoms with Crippen molar-refractivity contribution in [2.45, 2.75) is 72.3 Å². The Balaban J connectivity index is 2.26. The quantitative estimate of drug-likeness (QED) is 0.458. The highest BCUT2D eigenvalue weighted by Crippen LogP contribution is 2.29. The monoisotopic (exact) mass is 379 g/mol. The second-order valence-electron chi connectivity index (χ2n) is 7.58. The van der Waals surface area contributed by atoms with E-state index in [1.54, 1.807) is 6.07 Å². The van der Waals surface area contributed by atoms with Crippen molar-refractivity contribution in [2.24, 2.45) is 0 Å². The smallest absolute Gasteiger partial charge is 0.407 e. The molecule has 2 N–H and O–H groups in total. The van der Waals surface area contributed by atoms with Gasteiger partial charge in [-0.1, -0.05) is 19.8 Å². The van der Waals surface area contributed by atoms with Crippen molar-refractivity contribution in [1.29, 1.82) is 0 Å². The van der Waals surface area contributed by atoms with E-state index in [4.69, 9.17) is 9.47 Å². The molecule has 152 valence electrons. The molecule has 0 atom stereocenters. The Bertz CT molecular complexity index is 634. The molecule has 0 saturated carbocycles. The van der Waals surface area contributed by atoms with E-state index in [0.29, 0.717) is 24.5 Å². The number of hydrogen-bond donors (Lipinski definition) is 2. The van der Waals surface area contributed by atoms with E-state index < -0.39 is 5.60 Å². The third-order valence-electron chi connectivity index (χ3n) is 3.94. The van der Waals surface area contributed by atoms with Gasteiger partial charge in [0.25, 0.3) is 0 Å². The number of ether oxygens (including phenoxy) is 2. The van der Waals surface area contributed by atoms with Crippen molar-refractivity contribution in [3.63, 3.8) is 0 Å². The topological polar surface area (TPSA) is 84.9 Å². The molecule has 0 bridgehead atoms. The van der Waals surface area contributed by atoms with Gasteiger partial charge in [-0.25, -0.2) is 4.79 Å². The lowest BCUT2D eigenvalue weighted by molar-refractivity contribution is 0.0526. The summed E-state index contributed by atoms with van der Waals surface area (Å²) >= 11 is 0. The molecule has 6 heteroatoms. The molecule has 0 radical (unpaired) electrons. The molecule has 0 spiro atoms. The second kappa shape index (κ2) is 10.8. The highest BCUT2D eigenvalue weighted by Gasteiger charge is 2.15. The number of hydrogen-bond acceptors (Lipinski definition) is 5. The van der Waals surface area contributed by atoms with Gasteiger partial charge in [0.1, 0.15) is 17.1 Å². The summed E-state index contributed by atoms with van der Waals surface area (Å²) in [6, 6.07) is 3.23. The molecule has 0 fully saturated rings. The van der Waals surface area contributed by atoms with Crippen molar-refractivity contribution in [1.82, 2.24) is 5.32 Å². The van der Waals surface area contributed by atoms with Crippen LogP contribution >= 0.6 is 0 Å². The standard InChI is InChI=1S/C21H33NO5/c1-6-16-13-17(15(2)23)18(24)14-19(16)26-12-10-8-7-9-11-22-20(25)27-21(3,4)5/h13-14,24H,6-12H2,1-5H3,(H,22,25). The fourth-order valence-corrected chi connectivity index (χ4v) is 2.57. The number of rotatable bonds is 10. The number of alkyl carbamates (subject to hydrolysis) is 1. The first-order valence-corrected chi connectivity index (χ1v) is 9.60. The van der Waals surface area contributed by atoms with Crippen LogP contribution in [0.4, 0.5) is 4.79 Å². The maximum absolute atomic E-state index is 11.5. The number of ketones is 1. The molecule has 1 aromatic carbocycles. The molecule has 0 aromatic heterocycles. The van der Waals surface area contributed by atoms with Crippen LogP contribution in [-0.2, 0) is 11.2 Å². The SMILES string of the molecule is CCc1cc(C(C)=O)c(O)cc1OCCCCCCNC(=O)OC(C)(C)C. The Hall–Kier alpha value is -2.24. The normalized spacial score (nSPS) is 11.1. The van der Waals surface area contributed by atoms with Crippen LogP contribution < -0.4 is 10.1 Å². The summed E-state index contributed by atoms with van der Waals surface area (Å²) in [6.07, 6.45) is 4.07. The molecule has 0 unspecified atom stereocenters. The zero-order valence-electron chi connectivity index (χ0n) is 17.2. The van der Waals surface area contributed by atoms with Crippen molar-refractivity contribution in [3.05, 3.63) is 23.3 Å². The van der Waals surface area contributed by atoms with E-state index in [1.165, 1.54) is 13.0 Å². The summed E-state index contributed by atoms with van der Waals surface area (Å²) in [5.74, 6) is 0.434. The average molecular weight is 379 g/mol. The van der Waals surface area contributed by atoms with Gasteiger partial charge in [-0.05, 0) is 58.6 Å². The molecule has 1 amide bonds. The number of benzene rings is 1. The fraction of sp³-hybridized carbons (Fsp3) is 0.619. The first-order valence-electron chi connectivity index (χ1n) is 9.60. The van der Waals surface area contributed by atoms with Gasteiger partial charge in [0.05, 0.1) is 12.2 Å². The molecule has 0 heterocycles. The number of phenols is 1. The summed E-state index contributed by atoms with van der Waals surface area (Å²) in [4.78, 5) is 23.0. The number of aromatic hydroxyl groups is 1. The van der Waals surface area contributed by atoms with E-state index in [1.807, 2.05) is 27.7 Å². The second-order valence-corrected chi connectivity index (χ2v) is 7.58. The van der Waals surface area contributed by atoms with Gasteiger partial charge in [-0.15, -0.1) is 0 Å². The number of carbonyl (C=O) groups is 2. The van der Waals surface area contributed by atoms with Crippen LogP contribution in [0.2, 0.25) is 0 Å². The Kier molecular flexibility index (Phi) is 9.12. The molecule has 0 aliphatic heterocycles. The number of nitrogens with one attached hydrogen (secondary N) is 1. The number of amides is 1. The highest BCUT2D eigenvalue weighted by molar-refractivity contribution is 5.97. The molecule has 27 heavy (non-hydrogen) atoms. The Labute approximate surface area is 162 Å². The summed E-state index contributed by atoms with van der Waals surface area (Å²) in [7, 11) is 0. The fourth-order valence-electron chi connectivity index (χ4n) is 2.57. The summed E-state index contributed by atoms with van der Waals surface area (Å²) in [6.45, 7) is 10.1. The van der Waals surface area contributed by atoms with Gasteiger partial charge in [0.15, 0.2) is 5.78 Å². The Morgan fingerprint density at radius 3 is 2.37 bits per heavy atom. The third-order valence-corrected chi connectivity index (χ3v) is 3.94. The molecular weight excluding hydrogens is 346 g/mol. The van der Waals surface area contributed by atoms with Gasteiger partial charge in [-0.2, -0.15) is 0 Å². The van der Waals surface area contributed by atoms with E-state index in [0.717, 1.165) is 37.7 Å². The molecule has 1 aromatic rings. The van der Waals surface area contributed by atoms with Crippen LogP contribution in [0.5, 0.6) is 11.5 Å². The molecule has 0 aliphatic carbocycles. The van der Waals surface area contributed by atoms with Gasteiger partial charge in [0, 0.05) is 12.6 Å². The lowest BCUT2D eigenvalue weighted by Crippen LogP contribution is -2.32. The maximum Gasteiger partial charge on any atom is 0.407 e. The average Bonchev–Trinajstić information content (AvgIpc) is 2.55. The van der Waals surface area contributed by atoms with E-state index >= 15 is 0 Å². The maximum atomic E-state index is 11.5. The first kappa shape index (κ1) is 22.8. The minimum atomic E-state index is -0.476. The number of carbonyl (C=O) groups excluding carboxylic acids is 2. The van der Waals surface area contributed by atoms with Gasteiger partial charge < -0.3 is 19.9 Å². The first-order chi connectivity index (χ1) is 12.6. The van der Waals surface area contributed by atoms with Crippen LogP contribution in [0.3, 0.4) is 0 Å². The van der Waals surface area contributed by atoms with Crippen molar-refractivity contribution in [3.8, 4) is 11.5 Å². The molecule has 1 rings (SSSR count). The molecule has 6 nitrogen and oxygen atoms in total. The summed E-state index contributed by atoms with van der Waals surface area (Å²) in [5, 5.41) is 12.7. The van der Waals surface area contributed by atoms with Crippen LogP contribution in [-0.4, -0.2) is 35.7 Å². The molecule has 0 saturated heterocycles. The van der Waals surface area contributed by atoms with Crippen LogP contribution in [0, 0.1) is 0 Å². The minimum absolute atomic E-state index is 0.0390. The third kappa shape index (κ3) is 8.80. The van der Waals surface area contributed by atoms with Crippen LogP contribution in [0.25, 0.3) is 0 Å². The van der Waals surface area contributed by atoms with Gasteiger partial charge in [0.2, 0.25) is 0 Å². The van der Waals surface area contributed by atoms with Gasteiger partial charge >= 0.3 is 6.09 Å². The lowest BCUT2D eigenvalue weighted by Gasteiger charge is -2.19. The molecular formula is C21H33NO5. The van der Waals surface area contributed by atoms with Gasteiger partial charge in [-0.3, -0.25) is 4.79 Å². The van der Waals surface area contributed by atoms with Crippen molar-refractivity contribution in [2.75, 3.05) is 13.2 Å². The summed E-state index contributed by atoms with van der Waals surface area (Å²) < 4.78 is 11.0. The minimum Gasteiger partial charge on any atom is -0.507 e. The largest absolute Gasteiger partial charge is 0.507 e. The summed E-state index contributed by atoms with van der Waals surface area (Å²) in [5.41, 5.74) is 0.770. The number of aryl methyl sites for hydroxylation is 1. The van der Waals surface area contributed by atoms with Crippen molar-refractivity contribution >= 4 is 11.9 Å². The zero-order chi connectivity index (χ0) is 20.4. The molecule has 0 aliphatic rings. The number of phenolic OH excluding ortho intramolecular Hbond substituents is 1. The van der Waals surface area contributed by atoms with Crippen molar-refractivity contribution < 1.29 is 24.2 Å². The van der Waals surface area contributed by atoms with Crippen LogP contribution in [0.1, 0.15) is 76.2 Å². The Morgan fingerprint density at radius 1 is 1.11 bits per heavy atom. The predicted octanol–water partition coefficient (Wildman–Crippen LogP) is 4.62. The number of Topliss-reactive ketones (excluding diaryl/α,β-unsaturated/α-hetero) is 1. The van der Waals surface area contributed by atoms with Crippen LogP contribution in [0.15, 0.2) is 12.1 Å².